The Kier molecular flexibility index (Phi) is 11.3. The van der Waals surface area contributed by atoms with Gasteiger partial charge in [-0.3, -0.25) is 15.6 Å². The van der Waals surface area contributed by atoms with Gasteiger partial charge in [0.25, 0.3) is 0 Å². The van der Waals surface area contributed by atoms with Gasteiger partial charge in [-0.05, 0) is 84.6 Å². The van der Waals surface area contributed by atoms with Crippen molar-refractivity contribution in [1.82, 2.24) is 25.8 Å². The highest BCUT2D eigenvalue weighted by Crippen LogP contribution is 2.24. The number of benzene rings is 3. The summed E-state index contributed by atoms with van der Waals surface area (Å²) in [7, 11) is 0. The highest BCUT2D eigenvalue weighted by Gasteiger charge is 2.15. The first-order chi connectivity index (χ1) is 21.9. The van der Waals surface area contributed by atoms with E-state index in [-0.39, 0.29) is 23.3 Å². The number of rotatable bonds is 11. The predicted octanol–water partition coefficient (Wildman–Crippen LogP) is 6.57. The number of carbonyl (C=O) groups excluding carboxylic acids is 1. The molecule has 1 aliphatic carbocycles. The number of aromatic nitrogens is 3. The van der Waals surface area contributed by atoms with Crippen LogP contribution >= 0.6 is 23.8 Å². The molecule has 1 aromatic heterocycles. The number of halogens is 2. The zero-order chi connectivity index (χ0) is 31.4. The fraction of sp³-hybridized carbons (Fsp3) is 0.281. The Labute approximate surface area is 272 Å². The molecule has 45 heavy (non-hydrogen) atoms. The minimum Gasteiger partial charge on any atom is -0.354 e. The molecule has 1 heterocycles. The van der Waals surface area contributed by atoms with Crippen LogP contribution in [0.2, 0.25) is 5.02 Å². The Morgan fingerprint density at radius 2 is 1.51 bits per heavy atom. The van der Waals surface area contributed by atoms with Gasteiger partial charge in [-0.2, -0.15) is 15.0 Å². The first kappa shape index (κ1) is 31.9. The summed E-state index contributed by atoms with van der Waals surface area (Å²) in [6.07, 6.45) is 6.35. The van der Waals surface area contributed by atoms with E-state index in [4.69, 9.17) is 23.8 Å². The molecule has 0 aliphatic heterocycles. The summed E-state index contributed by atoms with van der Waals surface area (Å²) in [5, 5.41) is 13.6. The lowest BCUT2D eigenvalue weighted by Crippen LogP contribution is -2.44. The lowest BCUT2D eigenvalue weighted by atomic mass is 9.89. The molecule has 3 aromatic carbocycles. The minimum atomic E-state index is -0.283. The van der Waals surface area contributed by atoms with Crippen LogP contribution in [0, 0.1) is 11.7 Å². The summed E-state index contributed by atoms with van der Waals surface area (Å²) in [5.41, 5.74) is 8.45. The first-order valence-corrected chi connectivity index (χ1v) is 15.6. The quantitative estimate of drug-likeness (QED) is 0.0786. The zero-order valence-electron chi connectivity index (χ0n) is 24.6. The molecule has 1 saturated carbocycles. The molecule has 0 atom stereocenters. The van der Waals surface area contributed by atoms with Crippen LogP contribution in [0.15, 0.2) is 72.8 Å². The summed E-state index contributed by atoms with van der Waals surface area (Å²) < 4.78 is 13.3. The third-order valence-electron chi connectivity index (χ3n) is 7.25. The Bertz CT molecular complexity index is 1580. The van der Waals surface area contributed by atoms with E-state index >= 15 is 0 Å². The number of carbonyl (C=O) groups is 1. The number of amides is 1. The lowest BCUT2D eigenvalue weighted by molar-refractivity contribution is -0.121. The molecular formula is C32H35ClFN9OS. The molecule has 1 fully saturated rings. The summed E-state index contributed by atoms with van der Waals surface area (Å²) in [5.74, 6) is 1.29. The van der Waals surface area contributed by atoms with Crippen LogP contribution in [0.25, 0.3) is 0 Å². The van der Waals surface area contributed by atoms with E-state index in [2.05, 4.69) is 47.1 Å². The van der Waals surface area contributed by atoms with Crippen molar-refractivity contribution in [2.75, 3.05) is 27.8 Å². The maximum atomic E-state index is 13.3. The van der Waals surface area contributed by atoms with Crippen molar-refractivity contribution in [3.63, 3.8) is 0 Å². The van der Waals surface area contributed by atoms with Crippen molar-refractivity contribution in [1.29, 1.82) is 0 Å². The Balaban J connectivity index is 1.17. The van der Waals surface area contributed by atoms with Crippen LogP contribution in [-0.2, 0) is 17.8 Å². The zero-order valence-corrected chi connectivity index (χ0v) is 26.1. The lowest BCUT2D eigenvalue weighted by Gasteiger charge is -2.21. The number of hydrogen-bond acceptors (Lipinski definition) is 8. The molecule has 0 saturated heterocycles. The summed E-state index contributed by atoms with van der Waals surface area (Å²) in [6.45, 7) is 1.23. The van der Waals surface area contributed by atoms with E-state index in [0.29, 0.717) is 41.0 Å². The Hall–Kier alpha value is -4.55. The van der Waals surface area contributed by atoms with Crippen molar-refractivity contribution in [3.8, 4) is 0 Å². The van der Waals surface area contributed by atoms with Crippen molar-refractivity contribution in [2.45, 2.75) is 45.1 Å². The molecule has 4 aromatic rings. The highest BCUT2D eigenvalue weighted by molar-refractivity contribution is 7.80. The maximum absolute atomic E-state index is 13.3. The standard InChI is InChI=1S/C32H35ClFN9OS/c33-24-7-4-8-27(18-24)38-32(45)43-42-28(44)17-21-11-15-26(16-12-21)37-31-40-29(35-19-22-5-2-1-3-6-22)39-30(41-31)36-20-23-9-13-25(34)14-10-23/h4,7-16,18,22H,1-3,5-6,17,19-20H2,(H,42,44)(H2,38,43,45)(H3,35,36,37,39,40,41). The number of nitrogens with zero attached hydrogens (tertiary/aromatic N) is 3. The molecule has 1 amide bonds. The highest BCUT2D eigenvalue weighted by atomic mass is 35.5. The van der Waals surface area contributed by atoms with Crippen molar-refractivity contribution in [3.05, 3.63) is 94.8 Å². The summed E-state index contributed by atoms with van der Waals surface area (Å²) >= 11 is 11.2. The average molecular weight is 648 g/mol. The van der Waals surface area contributed by atoms with E-state index in [9.17, 15) is 9.18 Å². The number of hydrogen-bond donors (Lipinski definition) is 6. The molecule has 10 nitrogen and oxygen atoms in total. The topological polar surface area (TPSA) is 128 Å². The van der Waals surface area contributed by atoms with Gasteiger partial charge in [0.15, 0.2) is 5.11 Å². The van der Waals surface area contributed by atoms with E-state index in [1.54, 1.807) is 30.3 Å². The molecule has 0 radical (unpaired) electrons. The summed E-state index contributed by atoms with van der Waals surface area (Å²) in [6, 6.07) is 20.8. The monoisotopic (exact) mass is 647 g/mol. The summed E-state index contributed by atoms with van der Waals surface area (Å²) in [4.78, 5) is 26.2. The van der Waals surface area contributed by atoms with Crippen LogP contribution in [0.5, 0.6) is 0 Å². The van der Waals surface area contributed by atoms with Crippen LogP contribution in [0.1, 0.15) is 43.2 Å². The number of anilines is 5. The fourth-order valence-electron chi connectivity index (χ4n) is 4.92. The Morgan fingerprint density at radius 1 is 0.822 bits per heavy atom. The van der Waals surface area contributed by atoms with Gasteiger partial charge in [0.1, 0.15) is 5.82 Å². The second kappa shape index (κ2) is 16.0. The number of nitrogens with one attached hydrogen (secondary N) is 6. The largest absolute Gasteiger partial charge is 0.354 e. The first-order valence-electron chi connectivity index (χ1n) is 14.8. The van der Waals surface area contributed by atoms with Gasteiger partial charge >= 0.3 is 0 Å². The molecule has 13 heteroatoms. The number of thiocarbonyl (C=S) groups is 1. The van der Waals surface area contributed by atoms with Crippen molar-refractivity contribution in [2.24, 2.45) is 5.92 Å². The minimum absolute atomic E-state index is 0.144. The second-order valence-corrected chi connectivity index (χ2v) is 11.7. The van der Waals surface area contributed by atoms with E-state index < -0.39 is 0 Å². The van der Waals surface area contributed by atoms with Gasteiger partial charge in [-0.1, -0.05) is 61.2 Å². The molecule has 6 N–H and O–H groups in total. The van der Waals surface area contributed by atoms with E-state index in [1.807, 2.05) is 30.3 Å². The van der Waals surface area contributed by atoms with E-state index in [1.165, 1.54) is 44.2 Å². The van der Waals surface area contributed by atoms with Crippen LogP contribution < -0.4 is 32.1 Å². The van der Waals surface area contributed by atoms with Gasteiger partial charge in [0.05, 0.1) is 6.42 Å². The molecule has 0 spiro atoms. The van der Waals surface area contributed by atoms with Crippen LogP contribution in [0.3, 0.4) is 0 Å². The van der Waals surface area contributed by atoms with Gasteiger partial charge in [-0.25, -0.2) is 4.39 Å². The van der Waals surface area contributed by atoms with Crippen LogP contribution in [-0.4, -0.2) is 32.5 Å². The predicted molar refractivity (Wildman–Crippen MR) is 181 cm³/mol. The molecular weight excluding hydrogens is 613 g/mol. The third kappa shape index (κ3) is 10.5. The van der Waals surface area contributed by atoms with Crippen molar-refractivity contribution < 1.29 is 9.18 Å². The SMILES string of the molecule is O=C(Cc1ccc(Nc2nc(NCc3ccc(F)cc3)nc(NCC3CCCCC3)n2)cc1)NNC(=S)Nc1cccc(Cl)c1. The fourth-order valence-corrected chi connectivity index (χ4v) is 5.28. The Morgan fingerprint density at radius 3 is 2.24 bits per heavy atom. The molecule has 0 unspecified atom stereocenters. The second-order valence-electron chi connectivity index (χ2n) is 10.8. The van der Waals surface area contributed by atoms with E-state index in [0.717, 1.165) is 23.4 Å². The van der Waals surface area contributed by atoms with Gasteiger partial charge in [0.2, 0.25) is 23.8 Å². The average Bonchev–Trinajstić information content (AvgIpc) is 3.04. The third-order valence-corrected chi connectivity index (χ3v) is 7.68. The van der Waals surface area contributed by atoms with Crippen molar-refractivity contribution >= 4 is 64.1 Å². The normalized spacial score (nSPS) is 13.0. The van der Waals surface area contributed by atoms with Crippen LogP contribution in [0.4, 0.5) is 33.6 Å². The molecule has 1 aliphatic rings. The van der Waals surface area contributed by atoms with Gasteiger partial charge in [0, 0.05) is 29.5 Å². The smallest absolute Gasteiger partial charge is 0.242 e. The number of hydrazine groups is 1. The maximum Gasteiger partial charge on any atom is 0.242 e. The van der Waals surface area contributed by atoms with Gasteiger partial charge in [-0.15, -0.1) is 0 Å². The molecule has 5 rings (SSSR count). The molecule has 234 valence electrons. The molecule has 0 bridgehead atoms. The van der Waals surface area contributed by atoms with Gasteiger partial charge < -0.3 is 21.3 Å².